The number of phenols is 2. The number of methoxy groups -OCH3 is 1. The highest BCUT2D eigenvalue weighted by Crippen LogP contribution is 2.30. The Morgan fingerprint density at radius 2 is 1.33 bits per heavy atom. The van der Waals surface area contributed by atoms with Crippen LogP contribution in [0.4, 0.5) is 0 Å². The maximum Gasteiger partial charge on any atom is 0.333 e. The van der Waals surface area contributed by atoms with Crippen LogP contribution in [-0.2, 0) is 23.9 Å². The van der Waals surface area contributed by atoms with E-state index in [9.17, 15) is 19.5 Å². The van der Waals surface area contributed by atoms with Crippen molar-refractivity contribution in [2.75, 3.05) is 46.7 Å². The van der Waals surface area contributed by atoms with E-state index < -0.39 is 11.9 Å². The van der Waals surface area contributed by atoms with Crippen LogP contribution < -0.4 is 10.1 Å². The lowest BCUT2D eigenvalue weighted by atomic mass is 10.1. The lowest BCUT2D eigenvalue weighted by Crippen LogP contribution is -2.26. The van der Waals surface area contributed by atoms with Crippen LogP contribution in [0.25, 0.3) is 12.2 Å². The van der Waals surface area contributed by atoms with Crippen molar-refractivity contribution in [3.8, 4) is 17.2 Å². The molecule has 272 valence electrons. The SMILES string of the molecule is C=C(C)C(=O)NCCO.C=C(C)C(=O)OCCCO.C=C(C)C(=O)OCCO.C=Cc1cc(C)c(O)c(OC)c1.C=Cc1cccc(O)c1. The fraction of sp³-hybridized carbons (Fsp3) is 0.324. The van der Waals surface area contributed by atoms with E-state index in [2.05, 4.69) is 47.7 Å². The first-order valence-electron chi connectivity index (χ1n) is 14.9. The van der Waals surface area contributed by atoms with Crippen LogP contribution in [-0.4, -0.2) is 90.1 Å². The molecular formula is C37H53NO11. The van der Waals surface area contributed by atoms with Gasteiger partial charge in [0.1, 0.15) is 12.4 Å². The third kappa shape index (κ3) is 26.6. The summed E-state index contributed by atoms with van der Waals surface area (Å²) < 4.78 is 14.1. The maximum atomic E-state index is 10.6. The number of amides is 1. The molecule has 1 amide bonds. The smallest absolute Gasteiger partial charge is 0.333 e. The minimum Gasteiger partial charge on any atom is -0.508 e. The Hall–Kier alpha value is -5.17. The number of esters is 2. The maximum absolute atomic E-state index is 10.6. The molecule has 0 heterocycles. The quantitative estimate of drug-likeness (QED) is 0.0976. The molecule has 6 N–H and O–H groups in total. The molecule has 49 heavy (non-hydrogen) atoms. The molecule has 12 heteroatoms. The third-order valence-electron chi connectivity index (χ3n) is 5.19. The van der Waals surface area contributed by atoms with Gasteiger partial charge in [-0.05, 0) is 68.7 Å². The second kappa shape index (κ2) is 30.2. The van der Waals surface area contributed by atoms with Gasteiger partial charge in [-0.2, -0.15) is 0 Å². The Bertz CT molecular complexity index is 1320. The number of nitrogens with one attached hydrogen (secondary N) is 1. The number of aryl methyl sites for hydroxylation is 1. The largest absolute Gasteiger partial charge is 0.508 e. The van der Waals surface area contributed by atoms with E-state index in [1.807, 2.05) is 19.1 Å². The van der Waals surface area contributed by atoms with E-state index in [0.717, 1.165) is 16.7 Å². The van der Waals surface area contributed by atoms with Crippen LogP contribution in [0.15, 0.2) is 86.0 Å². The van der Waals surface area contributed by atoms with E-state index in [1.54, 1.807) is 57.2 Å². The van der Waals surface area contributed by atoms with Crippen molar-refractivity contribution in [2.45, 2.75) is 34.1 Å². The number of carbonyl (C=O) groups excluding carboxylic acids is 3. The zero-order chi connectivity index (χ0) is 38.4. The van der Waals surface area contributed by atoms with Crippen molar-refractivity contribution in [3.05, 3.63) is 103 Å². The number of hydrogen-bond donors (Lipinski definition) is 6. The van der Waals surface area contributed by atoms with E-state index in [-0.39, 0.29) is 50.4 Å². The predicted octanol–water partition coefficient (Wildman–Crippen LogP) is 4.64. The molecule has 12 nitrogen and oxygen atoms in total. The van der Waals surface area contributed by atoms with Crippen LogP contribution in [0.5, 0.6) is 17.2 Å². The topological polar surface area (TPSA) is 192 Å². The summed E-state index contributed by atoms with van der Waals surface area (Å²) in [6.45, 7) is 24.4. The number of rotatable bonds is 13. The van der Waals surface area contributed by atoms with E-state index in [4.69, 9.17) is 25.2 Å². The van der Waals surface area contributed by atoms with E-state index in [0.29, 0.717) is 35.4 Å². The van der Waals surface area contributed by atoms with E-state index >= 15 is 0 Å². The highest BCUT2D eigenvalue weighted by molar-refractivity contribution is 5.92. The number of benzene rings is 2. The van der Waals surface area contributed by atoms with Gasteiger partial charge in [0.05, 0.1) is 26.9 Å². The number of hydrogen-bond acceptors (Lipinski definition) is 11. The molecule has 0 aliphatic heterocycles. The van der Waals surface area contributed by atoms with Gasteiger partial charge in [0.15, 0.2) is 11.5 Å². The minimum atomic E-state index is -0.455. The fourth-order valence-corrected chi connectivity index (χ4v) is 2.63. The van der Waals surface area contributed by atoms with Gasteiger partial charge in [-0.25, -0.2) is 9.59 Å². The summed E-state index contributed by atoms with van der Waals surface area (Å²) in [7, 11) is 1.53. The lowest BCUT2D eigenvalue weighted by molar-refractivity contribution is -0.140. The van der Waals surface area contributed by atoms with Gasteiger partial charge in [-0.15, -0.1) is 0 Å². The van der Waals surface area contributed by atoms with Crippen molar-refractivity contribution >= 4 is 30.0 Å². The van der Waals surface area contributed by atoms with Crippen LogP contribution in [0.2, 0.25) is 0 Å². The molecule has 2 aromatic rings. The second-order valence-electron chi connectivity index (χ2n) is 9.79. The summed E-state index contributed by atoms with van der Waals surface area (Å²) in [6, 6.07) is 10.6. The van der Waals surface area contributed by atoms with E-state index in [1.165, 1.54) is 7.11 Å². The first-order chi connectivity index (χ1) is 23.1. The minimum absolute atomic E-state index is 0.0288. The molecule has 2 rings (SSSR count). The predicted molar refractivity (Wildman–Crippen MR) is 193 cm³/mol. The van der Waals surface area contributed by atoms with Crippen LogP contribution in [0.3, 0.4) is 0 Å². The molecule has 0 bridgehead atoms. The number of aliphatic hydroxyl groups excluding tert-OH is 3. The van der Waals surface area contributed by atoms with Crippen molar-refractivity contribution < 1.29 is 54.1 Å². The zero-order valence-electron chi connectivity index (χ0n) is 29.3. The molecule has 0 saturated heterocycles. The highest BCUT2D eigenvalue weighted by Gasteiger charge is 2.05. The Morgan fingerprint density at radius 1 is 0.776 bits per heavy atom. The Labute approximate surface area is 290 Å². The normalized spacial score (nSPS) is 8.98. The average molecular weight is 688 g/mol. The monoisotopic (exact) mass is 687 g/mol. The second-order valence-corrected chi connectivity index (χ2v) is 9.79. The molecule has 0 spiro atoms. The molecule has 0 aromatic heterocycles. The van der Waals surface area contributed by atoms with Gasteiger partial charge < -0.3 is 45.1 Å². The van der Waals surface area contributed by atoms with Crippen LogP contribution >= 0.6 is 0 Å². The van der Waals surface area contributed by atoms with Gasteiger partial charge >= 0.3 is 11.9 Å². The summed E-state index contributed by atoms with van der Waals surface area (Å²) >= 11 is 0. The highest BCUT2D eigenvalue weighted by atomic mass is 16.5. The summed E-state index contributed by atoms with van der Waals surface area (Å²) in [6.07, 6.45) is 3.90. The Morgan fingerprint density at radius 3 is 1.71 bits per heavy atom. The summed E-state index contributed by atoms with van der Waals surface area (Å²) in [5.41, 5.74) is 3.88. The Balaban J connectivity index is -0.000000543. The van der Waals surface area contributed by atoms with Gasteiger partial charge in [0, 0.05) is 36.3 Å². The molecule has 0 atom stereocenters. The van der Waals surface area contributed by atoms with Gasteiger partial charge in [0.25, 0.3) is 0 Å². The lowest BCUT2D eigenvalue weighted by Gasteiger charge is -2.06. The third-order valence-corrected chi connectivity index (χ3v) is 5.19. The molecule has 0 saturated carbocycles. The van der Waals surface area contributed by atoms with Gasteiger partial charge in [-0.3, -0.25) is 4.79 Å². The number of aromatic hydroxyl groups is 2. The molecular weight excluding hydrogens is 634 g/mol. The molecule has 0 aliphatic rings. The summed E-state index contributed by atoms with van der Waals surface area (Å²) in [5, 5.41) is 45.5. The first kappa shape index (κ1) is 48.2. The standard InChI is InChI=1S/C10H12O2.C8H8O.C7H12O3.C6H11NO2.C6H10O3/c1-4-8-5-7(2)10(11)9(6-8)12-3;1-2-7-4-3-5-8(9)6-7;1-6(2)7(9)10-5-3-4-8;1-5(2)6(9)7-3-4-8;1-5(2)6(8)9-4-3-7/h4-6,11H,1H2,2-3H3;2-6,9H,1H2;8H,1,3-5H2,2H3;8H,1,3-4H2,2H3,(H,7,9);7H,1,3-4H2,2H3. The van der Waals surface area contributed by atoms with Crippen molar-refractivity contribution in [1.82, 2.24) is 5.32 Å². The van der Waals surface area contributed by atoms with Crippen LogP contribution in [0.1, 0.15) is 43.9 Å². The molecule has 0 unspecified atom stereocenters. The van der Waals surface area contributed by atoms with Crippen molar-refractivity contribution in [3.63, 3.8) is 0 Å². The number of carbonyl (C=O) groups is 3. The average Bonchev–Trinajstić information content (AvgIpc) is 3.08. The number of phenolic OH excluding ortho intramolecular Hbond substituents is 2. The van der Waals surface area contributed by atoms with Gasteiger partial charge in [-0.1, -0.05) is 57.2 Å². The number of aliphatic hydroxyl groups is 3. The van der Waals surface area contributed by atoms with Crippen molar-refractivity contribution in [2.24, 2.45) is 0 Å². The molecule has 2 aromatic carbocycles. The summed E-state index contributed by atoms with van der Waals surface area (Å²) in [5.74, 6) is -0.0815. The molecule has 0 fully saturated rings. The van der Waals surface area contributed by atoms with Gasteiger partial charge in [0.2, 0.25) is 5.91 Å². The number of ether oxygens (including phenoxy) is 3. The molecule has 0 radical (unpaired) electrons. The summed E-state index contributed by atoms with van der Waals surface area (Å²) in [4.78, 5) is 31.7. The molecule has 0 aliphatic carbocycles. The van der Waals surface area contributed by atoms with Crippen LogP contribution in [0, 0.1) is 6.92 Å². The first-order valence-corrected chi connectivity index (χ1v) is 14.9. The Kier molecular flexibility index (Phi) is 29.7. The zero-order valence-corrected chi connectivity index (χ0v) is 29.3. The fourth-order valence-electron chi connectivity index (χ4n) is 2.63. The van der Waals surface area contributed by atoms with Crippen molar-refractivity contribution in [1.29, 1.82) is 0 Å².